The predicted molar refractivity (Wildman–Crippen MR) is 47.6 cm³/mol. The predicted octanol–water partition coefficient (Wildman–Crippen LogP) is 0.984. The molecule has 0 aromatic carbocycles. The molecule has 0 saturated heterocycles. The number of fused-ring (bicyclic) bond motifs is 2. The average molecular weight is 196 g/mol. The third-order valence-electron chi connectivity index (χ3n) is 3.69. The van der Waals surface area contributed by atoms with E-state index in [4.69, 9.17) is 10.2 Å². The largest absolute Gasteiger partial charge is 0.481 e. The van der Waals surface area contributed by atoms with Crippen LogP contribution in [-0.2, 0) is 9.59 Å². The fourth-order valence-electron chi connectivity index (χ4n) is 2.83. The van der Waals surface area contributed by atoms with Gasteiger partial charge < -0.3 is 10.2 Å². The van der Waals surface area contributed by atoms with Gasteiger partial charge >= 0.3 is 11.9 Å². The van der Waals surface area contributed by atoms with Crippen LogP contribution >= 0.6 is 0 Å². The summed E-state index contributed by atoms with van der Waals surface area (Å²) in [4.78, 5) is 22.1. The Hall–Kier alpha value is -1.32. The van der Waals surface area contributed by atoms with Gasteiger partial charge in [-0.2, -0.15) is 0 Å². The van der Waals surface area contributed by atoms with Gasteiger partial charge in [0.1, 0.15) is 0 Å². The van der Waals surface area contributed by atoms with E-state index in [1.54, 1.807) is 6.92 Å². The van der Waals surface area contributed by atoms with Gasteiger partial charge in [0.25, 0.3) is 0 Å². The highest BCUT2D eigenvalue weighted by Gasteiger charge is 2.60. The molecule has 2 aliphatic carbocycles. The molecule has 1 saturated carbocycles. The van der Waals surface area contributed by atoms with Crippen molar-refractivity contribution < 1.29 is 19.8 Å². The number of hydrogen-bond acceptors (Lipinski definition) is 2. The van der Waals surface area contributed by atoms with Gasteiger partial charge in [-0.25, -0.2) is 0 Å². The molecule has 0 spiro atoms. The maximum atomic E-state index is 11.1. The Morgan fingerprint density at radius 1 is 1.36 bits per heavy atom. The van der Waals surface area contributed by atoms with E-state index in [1.807, 2.05) is 12.2 Å². The lowest BCUT2D eigenvalue weighted by Gasteiger charge is -2.31. The molecule has 0 radical (unpaired) electrons. The first-order valence-electron chi connectivity index (χ1n) is 4.62. The van der Waals surface area contributed by atoms with Crippen LogP contribution in [0.4, 0.5) is 0 Å². The molecule has 4 atom stereocenters. The standard InChI is InChI=1S/C10H12O4/c1-10(9(13)14)6-3-2-5(4-6)7(10)8(11)12/h2-3,5-7H,4H2,1H3,(H,11,12)(H,13,14)/t5-,6-,7-,10-/m1/s1. The lowest BCUT2D eigenvalue weighted by molar-refractivity contribution is -0.162. The van der Waals surface area contributed by atoms with Crippen LogP contribution in [-0.4, -0.2) is 22.2 Å². The summed E-state index contributed by atoms with van der Waals surface area (Å²) in [5.74, 6) is -2.98. The molecule has 4 nitrogen and oxygen atoms in total. The van der Waals surface area contributed by atoms with Gasteiger partial charge in [0.15, 0.2) is 0 Å². The van der Waals surface area contributed by atoms with Crippen molar-refractivity contribution in [2.24, 2.45) is 23.2 Å². The first kappa shape index (κ1) is 9.24. The smallest absolute Gasteiger partial charge is 0.310 e. The van der Waals surface area contributed by atoms with Crippen molar-refractivity contribution >= 4 is 11.9 Å². The van der Waals surface area contributed by atoms with Gasteiger partial charge in [0.05, 0.1) is 11.3 Å². The second kappa shape index (κ2) is 2.59. The fraction of sp³-hybridized carbons (Fsp3) is 0.600. The van der Waals surface area contributed by atoms with E-state index in [1.165, 1.54) is 0 Å². The number of rotatable bonds is 2. The van der Waals surface area contributed by atoms with E-state index in [-0.39, 0.29) is 11.8 Å². The normalized spacial score (nSPS) is 44.2. The Morgan fingerprint density at radius 2 is 2.00 bits per heavy atom. The van der Waals surface area contributed by atoms with Gasteiger partial charge in [0, 0.05) is 0 Å². The van der Waals surface area contributed by atoms with Gasteiger partial charge in [-0.3, -0.25) is 9.59 Å². The zero-order valence-corrected chi connectivity index (χ0v) is 7.80. The minimum Gasteiger partial charge on any atom is -0.481 e. The van der Waals surface area contributed by atoms with Crippen LogP contribution in [0.2, 0.25) is 0 Å². The minimum absolute atomic E-state index is 0.0985. The van der Waals surface area contributed by atoms with Crippen molar-refractivity contribution in [2.75, 3.05) is 0 Å². The third kappa shape index (κ3) is 0.882. The third-order valence-corrected chi connectivity index (χ3v) is 3.69. The van der Waals surface area contributed by atoms with Crippen molar-refractivity contribution in [2.45, 2.75) is 13.3 Å². The average Bonchev–Trinajstić information content (AvgIpc) is 2.61. The van der Waals surface area contributed by atoms with Crippen molar-refractivity contribution in [1.29, 1.82) is 0 Å². The van der Waals surface area contributed by atoms with Crippen molar-refractivity contribution in [3.63, 3.8) is 0 Å². The summed E-state index contributed by atoms with van der Waals surface area (Å²) in [6.45, 7) is 1.54. The van der Waals surface area contributed by atoms with Gasteiger partial charge in [-0.15, -0.1) is 0 Å². The molecule has 0 aliphatic heterocycles. The van der Waals surface area contributed by atoms with Gasteiger partial charge in [-0.05, 0) is 25.2 Å². The molecule has 0 aromatic rings. The van der Waals surface area contributed by atoms with Gasteiger partial charge in [-0.1, -0.05) is 12.2 Å². The van der Waals surface area contributed by atoms with Crippen molar-refractivity contribution in [3.8, 4) is 0 Å². The number of hydrogen-bond donors (Lipinski definition) is 2. The zero-order valence-electron chi connectivity index (χ0n) is 7.80. The molecule has 2 bridgehead atoms. The molecule has 2 N–H and O–H groups in total. The summed E-state index contributed by atoms with van der Waals surface area (Å²) in [5.41, 5.74) is -1.12. The SMILES string of the molecule is C[C@@]1(C(=O)O)[C@@H]2C=C[C@H](C2)[C@@H]1C(=O)O. The summed E-state index contributed by atoms with van der Waals surface area (Å²) in [5, 5.41) is 18.1. The van der Waals surface area contributed by atoms with E-state index in [0.717, 1.165) is 0 Å². The maximum absolute atomic E-state index is 11.1. The Bertz CT molecular complexity index is 333. The van der Waals surface area contributed by atoms with Crippen LogP contribution in [0.5, 0.6) is 0 Å². The summed E-state index contributed by atoms with van der Waals surface area (Å²) in [6.07, 6.45) is 4.35. The molecule has 0 amide bonds. The lowest BCUT2D eigenvalue weighted by atomic mass is 9.70. The molecule has 14 heavy (non-hydrogen) atoms. The van der Waals surface area contributed by atoms with Gasteiger partial charge in [0.2, 0.25) is 0 Å². The first-order valence-corrected chi connectivity index (χ1v) is 4.62. The molecule has 2 rings (SSSR count). The highest BCUT2D eigenvalue weighted by Crippen LogP contribution is 2.56. The van der Waals surface area contributed by atoms with Crippen LogP contribution in [0, 0.1) is 23.2 Å². The Balaban J connectivity index is 2.45. The van der Waals surface area contributed by atoms with Crippen LogP contribution < -0.4 is 0 Å². The van der Waals surface area contributed by atoms with E-state index in [0.29, 0.717) is 6.42 Å². The zero-order chi connectivity index (χ0) is 10.5. The topological polar surface area (TPSA) is 74.6 Å². The van der Waals surface area contributed by atoms with Crippen LogP contribution in [0.1, 0.15) is 13.3 Å². The summed E-state index contributed by atoms with van der Waals surface area (Å²) in [6, 6.07) is 0. The maximum Gasteiger partial charge on any atom is 0.310 e. The number of carboxylic acid groups (broad SMARTS) is 2. The van der Waals surface area contributed by atoms with E-state index >= 15 is 0 Å². The first-order chi connectivity index (χ1) is 6.48. The molecule has 2 aliphatic rings. The molecule has 0 heterocycles. The fourth-order valence-corrected chi connectivity index (χ4v) is 2.83. The Labute approximate surface area is 81.2 Å². The molecule has 4 heteroatoms. The Morgan fingerprint density at radius 3 is 2.43 bits per heavy atom. The molecule has 76 valence electrons. The van der Waals surface area contributed by atoms with E-state index in [2.05, 4.69) is 0 Å². The van der Waals surface area contributed by atoms with Crippen LogP contribution in [0.15, 0.2) is 12.2 Å². The molecule has 1 fully saturated rings. The van der Waals surface area contributed by atoms with Crippen molar-refractivity contribution in [3.05, 3.63) is 12.2 Å². The van der Waals surface area contributed by atoms with E-state index in [9.17, 15) is 9.59 Å². The summed E-state index contributed by atoms with van der Waals surface area (Å²) in [7, 11) is 0. The Kier molecular flexibility index (Phi) is 1.71. The summed E-state index contributed by atoms with van der Waals surface area (Å²) >= 11 is 0. The number of aliphatic carboxylic acids is 2. The molecular formula is C10H12O4. The molecular weight excluding hydrogens is 184 g/mol. The minimum atomic E-state index is -1.12. The lowest BCUT2D eigenvalue weighted by Crippen LogP contribution is -2.43. The van der Waals surface area contributed by atoms with Crippen LogP contribution in [0.25, 0.3) is 0 Å². The molecule has 0 aromatic heterocycles. The highest BCUT2D eigenvalue weighted by atomic mass is 16.4. The number of carbonyl (C=O) groups is 2. The number of carboxylic acids is 2. The molecule has 0 unspecified atom stereocenters. The second-order valence-corrected chi connectivity index (χ2v) is 4.29. The van der Waals surface area contributed by atoms with Crippen LogP contribution in [0.3, 0.4) is 0 Å². The summed E-state index contributed by atoms with van der Waals surface area (Å²) < 4.78 is 0. The monoisotopic (exact) mass is 196 g/mol. The second-order valence-electron chi connectivity index (χ2n) is 4.29. The van der Waals surface area contributed by atoms with Crippen molar-refractivity contribution in [1.82, 2.24) is 0 Å². The highest BCUT2D eigenvalue weighted by molar-refractivity contribution is 5.85. The van der Waals surface area contributed by atoms with E-state index < -0.39 is 23.3 Å². The number of allylic oxidation sites excluding steroid dienone is 2. The quantitative estimate of drug-likeness (QED) is 0.646.